The molecule has 0 aromatic heterocycles. The van der Waals surface area contributed by atoms with Gasteiger partial charge in [0.25, 0.3) is 0 Å². The van der Waals surface area contributed by atoms with Crippen LogP contribution in [0.25, 0.3) is 0 Å². The van der Waals surface area contributed by atoms with E-state index in [4.69, 9.17) is 15.2 Å². The quantitative estimate of drug-likeness (QED) is 0.803. The van der Waals surface area contributed by atoms with Crippen molar-refractivity contribution in [1.82, 2.24) is 0 Å². The molecule has 19 heavy (non-hydrogen) atoms. The molecule has 3 N–H and O–H groups in total. The van der Waals surface area contributed by atoms with Gasteiger partial charge in [-0.15, -0.1) is 0 Å². The summed E-state index contributed by atoms with van der Waals surface area (Å²) < 4.78 is 11.2. The van der Waals surface area contributed by atoms with Crippen molar-refractivity contribution >= 4 is 11.4 Å². The van der Waals surface area contributed by atoms with E-state index in [0.29, 0.717) is 17.8 Å². The van der Waals surface area contributed by atoms with Crippen LogP contribution in [0.1, 0.15) is 33.1 Å². The van der Waals surface area contributed by atoms with Crippen LogP contribution in [0.2, 0.25) is 0 Å². The summed E-state index contributed by atoms with van der Waals surface area (Å²) in [5, 5.41) is 3.52. The van der Waals surface area contributed by atoms with Gasteiger partial charge < -0.3 is 20.5 Å². The molecule has 0 heterocycles. The van der Waals surface area contributed by atoms with Crippen LogP contribution >= 0.6 is 0 Å². The Kier molecular flexibility index (Phi) is 4.53. The van der Waals surface area contributed by atoms with Crippen LogP contribution in [0.3, 0.4) is 0 Å². The molecular weight excluding hydrogens is 240 g/mol. The van der Waals surface area contributed by atoms with Crippen molar-refractivity contribution < 1.29 is 9.47 Å². The van der Waals surface area contributed by atoms with E-state index in [-0.39, 0.29) is 6.10 Å². The highest BCUT2D eigenvalue weighted by Gasteiger charge is 2.26. The normalized spacial score (nSPS) is 22.7. The molecule has 0 saturated heterocycles. The Hall–Kier alpha value is -1.42. The summed E-state index contributed by atoms with van der Waals surface area (Å²) in [5.74, 6) is 0.743. The molecule has 106 valence electrons. The van der Waals surface area contributed by atoms with Gasteiger partial charge in [-0.2, -0.15) is 0 Å². The van der Waals surface area contributed by atoms with Gasteiger partial charge in [0.15, 0.2) is 0 Å². The summed E-state index contributed by atoms with van der Waals surface area (Å²) in [4.78, 5) is 0. The van der Waals surface area contributed by atoms with Crippen LogP contribution in [0.5, 0.6) is 5.75 Å². The highest BCUT2D eigenvalue weighted by molar-refractivity contribution is 5.61. The first-order chi connectivity index (χ1) is 9.10. The Bertz CT molecular complexity index is 421. The van der Waals surface area contributed by atoms with Crippen molar-refractivity contribution in [1.29, 1.82) is 0 Å². The molecule has 2 unspecified atom stereocenters. The molecule has 1 aliphatic rings. The number of nitrogens with two attached hydrogens (primary N) is 1. The minimum absolute atomic E-state index is 0.121. The fourth-order valence-corrected chi connectivity index (χ4v) is 2.57. The molecule has 0 amide bonds. The molecule has 1 saturated carbocycles. The first-order valence-electron chi connectivity index (χ1n) is 6.95. The van der Waals surface area contributed by atoms with Crippen LogP contribution in [0, 0.1) is 0 Å². The Morgan fingerprint density at radius 1 is 1.32 bits per heavy atom. The fraction of sp³-hybridized carbons (Fsp3) is 0.600. The number of rotatable bonds is 5. The van der Waals surface area contributed by atoms with Gasteiger partial charge in [0.2, 0.25) is 0 Å². The SMILES string of the molecule is COC1CCCC1Nc1ccc(N)c(OC(C)C)c1. The lowest BCUT2D eigenvalue weighted by molar-refractivity contribution is 0.101. The van der Waals surface area contributed by atoms with Gasteiger partial charge in [-0.25, -0.2) is 0 Å². The lowest BCUT2D eigenvalue weighted by Gasteiger charge is -2.22. The highest BCUT2D eigenvalue weighted by Crippen LogP contribution is 2.30. The molecule has 0 radical (unpaired) electrons. The second kappa shape index (κ2) is 6.15. The van der Waals surface area contributed by atoms with E-state index in [0.717, 1.165) is 24.3 Å². The number of hydrogen-bond donors (Lipinski definition) is 2. The lowest BCUT2D eigenvalue weighted by Crippen LogP contribution is -2.29. The largest absolute Gasteiger partial charge is 0.489 e. The lowest BCUT2D eigenvalue weighted by atomic mass is 10.2. The van der Waals surface area contributed by atoms with Crippen LogP contribution in [0.15, 0.2) is 18.2 Å². The van der Waals surface area contributed by atoms with Crippen molar-refractivity contribution in [3.63, 3.8) is 0 Å². The molecule has 2 atom stereocenters. The van der Waals surface area contributed by atoms with E-state index in [1.807, 2.05) is 32.0 Å². The van der Waals surface area contributed by atoms with Gasteiger partial charge in [-0.05, 0) is 45.2 Å². The van der Waals surface area contributed by atoms with Gasteiger partial charge in [-0.1, -0.05) is 0 Å². The first kappa shape index (κ1) is 14.0. The molecule has 1 aromatic rings. The minimum Gasteiger partial charge on any atom is -0.489 e. The zero-order valence-electron chi connectivity index (χ0n) is 12.0. The van der Waals surface area contributed by atoms with Crippen LogP contribution in [0.4, 0.5) is 11.4 Å². The average Bonchev–Trinajstić information content (AvgIpc) is 2.80. The highest BCUT2D eigenvalue weighted by atomic mass is 16.5. The standard InChI is InChI=1S/C15H24N2O2/c1-10(2)19-15-9-11(7-8-12(15)16)17-13-5-4-6-14(13)18-3/h7-10,13-14,17H,4-6,16H2,1-3H3. The molecule has 1 aromatic carbocycles. The maximum atomic E-state index is 5.92. The van der Waals surface area contributed by atoms with Crippen molar-refractivity contribution in [2.75, 3.05) is 18.2 Å². The van der Waals surface area contributed by atoms with Crippen LogP contribution in [-0.4, -0.2) is 25.4 Å². The summed E-state index contributed by atoms with van der Waals surface area (Å²) in [6.45, 7) is 3.99. The van der Waals surface area contributed by atoms with Gasteiger partial charge >= 0.3 is 0 Å². The third-order valence-corrected chi connectivity index (χ3v) is 3.48. The number of methoxy groups -OCH3 is 1. The van der Waals surface area contributed by atoms with Crippen molar-refractivity contribution in [3.8, 4) is 5.75 Å². The van der Waals surface area contributed by atoms with Gasteiger partial charge in [0, 0.05) is 18.9 Å². The number of ether oxygens (including phenoxy) is 2. The molecule has 1 fully saturated rings. The Balaban J connectivity index is 2.08. The predicted molar refractivity (Wildman–Crippen MR) is 78.7 cm³/mol. The number of nitrogens with one attached hydrogen (secondary N) is 1. The molecular formula is C15H24N2O2. The molecule has 4 heteroatoms. The van der Waals surface area contributed by atoms with E-state index in [1.165, 1.54) is 6.42 Å². The van der Waals surface area contributed by atoms with Gasteiger partial charge in [-0.3, -0.25) is 0 Å². The zero-order valence-corrected chi connectivity index (χ0v) is 12.0. The number of anilines is 2. The van der Waals surface area contributed by atoms with Gasteiger partial charge in [0.05, 0.1) is 23.9 Å². The molecule has 2 rings (SSSR count). The van der Waals surface area contributed by atoms with Crippen LogP contribution in [-0.2, 0) is 4.74 Å². The predicted octanol–water partition coefficient (Wildman–Crippen LogP) is 3.04. The van der Waals surface area contributed by atoms with E-state index >= 15 is 0 Å². The van der Waals surface area contributed by atoms with E-state index in [1.54, 1.807) is 7.11 Å². The van der Waals surface area contributed by atoms with Crippen molar-refractivity contribution in [2.24, 2.45) is 0 Å². The molecule has 1 aliphatic carbocycles. The van der Waals surface area contributed by atoms with E-state index < -0.39 is 0 Å². The Labute approximate surface area is 115 Å². The molecule has 0 bridgehead atoms. The zero-order chi connectivity index (χ0) is 13.8. The summed E-state index contributed by atoms with van der Waals surface area (Å²) in [6.07, 6.45) is 3.89. The summed E-state index contributed by atoms with van der Waals surface area (Å²) in [6, 6.07) is 6.23. The minimum atomic E-state index is 0.121. The van der Waals surface area contributed by atoms with Gasteiger partial charge in [0.1, 0.15) is 5.75 Å². The van der Waals surface area contributed by atoms with Crippen molar-refractivity contribution in [2.45, 2.75) is 51.4 Å². The maximum Gasteiger partial charge on any atom is 0.144 e. The molecule has 0 spiro atoms. The Morgan fingerprint density at radius 3 is 2.79 bits per heavy atom. The average molecular weight is 264 g/mol. The Morgan fingerprint density at radius 2 is 2.11 bits per heavy atom. The monoisotopic (exact) mass is 264 g/mol. The second-order valence-corrected chi connectivity index (χ2v) is 5.38. The topological polar surface area (TPSA) is 56.5 Å². The summed E-state index contributed by atoms with van der Waals surface area (Å²) in [7, 11) is 1.78. The smallest absolute Gasteiger partial charge is 0.144 e. The molecule has 0 aliphatic heterocycles. The number of benzene rings is 1. The van der Waals surface area contributed by atoms with Crippen molar-refractivity contribution in [3.05, 3.63) is 18.2 Å². The molecule has 4 nitrogen and oxygen atoms in total. The maximum absolute atomic E-state index is 5.92. The number of hydrogen-bond acceptors (Lipinski definition) is 4. The van der Waals surface area contributed by atoms with E-state index in [9.17, 15) is 0 Å². The third-order valence-electron chi connectivity index (χ3n) is 3.48. The van der Waals surface area contributed by atoms with E-state index in [2.05, 4.69) is 5.32 Å². The fourth-order valence-electron chi connectivity index (χ4n) is 2.57. The van der Waals surface area contributed by atoms with Crippen LogP contribution < -0.4 is 15.8 Å². The third kappa shape index (κ3) is 3.53. The summed E-state index contributed by atoms with van der Waals surface area (Å²) >= 11 is 0. The summed E-state index contributed by atoms with van der Waals surface area (Å²) in [5.41, 5.74) is 7.64. The number of nitrogen functional groups attached to an aromatic ring is 1. The first-order valence-corrected chi connectivity index (χ1v) is 6.95. The second-order valence-electron chi connectivity index (χ2n) is 5.38.